The van der Waals surface area contributed by atoms with E-state index in [1.165, 1.54) is 11.3 Å². The van der Waals surface area contributed by atoms with Gasteiger partial charge in [0, 0.05) is 6.54 Å². The Kier molecular flexibility index (Phi) is 6.41. The van der Waals surface area contributed by atoms with E-state index in [0.29, 0.717) is 11.4 Å². The first-order valence-corrected chi connectivity index (χ1v) is 11.4. The highest BCUT2D eigenvalue weighted by molar-refractivity contribution is 7.19. The molecule has 1 N–H and O–H groups in total. The summed E-state index contributed by atoms with van der Waals surface area (Å²) in [7, 11) is 1.65. The first kappa shape index (κ1) is 21.8. The molecule has 0 aliphatic carbocycles. The molecule has 2 aromatic heterocycles. The molecule has 0 saturated heterocycles. The minimum absolute atomic E-state index is 0.166. The van der Waals surface area contributed by atoms with E-state index in [2.05, 4.69) is 21.8 Å². The second-order valence-electron chi connectivity index (χ2n) is 7.41. The van der Waals surface area contributed by atoms with Crippen molar-refractivity contribution in [3.63, 3.8) is 0 Å². The Morgan fingerprint density at radius 3 is 2.78 bits per heavy atom. The van der Waals surface area contributed by atoms with Gasteiger partial charge in [0.05, 0.1) is 35.7 Å². The first-order valence-electron chi connectivity index (χ1n) is 10.5. The van der Waals surface area contributed by atoms with Gasteiger partial charge in [-0.05, 0) is 55.7 Å². The number of anilines is 1. The lowest BCUT2D eigenvalue weighted by molar-refractivity contribution is 0.155. The molecule has 0 bridgehead atoms. The van der Waals surface area contributed by atoms with Gasteiger partial charge in [-0.15, -0.1) is 0 Å². The highest BCUT2D eigenvalue weighted by Crippen LogP contribution is 2.37. The predicted molar refractivity (Wildman–Crippen MR) is 127 cm³/mol. The Hall–Kier alpha value is -3.39. The van der Waals surface area contributed by atoms with Crippen molar-refractivity contribution in [3.05, 3.63) is 59.5 Å². The molecule has 4 aromatic rings. The summed E-state index contributed by atoms with van der Waals surface area (Å²) in [5.74, 6) is 0.761. The van der Waals surface area contributed by atoms with E-state index in [1.54, 1.807) is 7.11 Å². The number of thiazole rings is 1. The fraction of sp³-hybridized carbons (Fsp3) is 0.292. The standard InChI is InChI=1S/C24H26N4O3S/c1-5-18-23(32-22(26-18)17-9-7-15(3)11-21(17)30-4)27-24(29)31-13-16-8-10-20-19(12-16)25-14-28(20)6-2/h7-12,14H,5-6,13H2,1-4H3,(H,27,29). The zero-order chi connectivity index (χ0) is 22.7. The Morgan fingerprint density at radius 1 is 1.19 bits per heavy atom. The number of nitrogens with zero attached hydrogens (tertiary/aromatic N) is 3. The third-order valence-corrected chi connectivity index (χ3v) is 6.28. The second kappa shape index (κ2) is 9.40. The maximum absolute atomic E-state index is 12.5. The molecule has 4 rings (SSSR count). The molecule has 8 heteroatoms. The quantitative estimate of drug-likeness (QED) is 0.384. The summed E-state index contributed by atoms with van der Waals surface area (Å²) < 4.78 is 13.1. The summed E-state index contributed by atoms with van der Waals surface area (Å²) >= 11 is 1.41. The molecule has 0 aliphatic rings. The maximum atomic E-state index is 12.5. The van der Waals surface area contributed by atoms with Gasteiger partial charge in [-0.2, -0.15) is 0 Å². The van der Waals surface area contributed by atoms with Crippen LogP contribution in [0.3, 0.4) is 0 Å². The number of amides is 1. The SMILES string of the molecule is CCc1nc(-c2ccc(C)cc2OC)sc1NC(=O)OCc1ccc2c(c1)ncn2CC. The van der Waals surface area contributed by atoms with Gasteiger partial charge in [0.25, 0.3) is 0 Å². The topological polar surface area (TPSA) is 78.3 Å². The molecule has 2 heterocycles. The van der Waals surface area contributed by atoms with Crippen molar-refractivity contribution in [2.75, 3.05) is 12.4 Å². The lowest BCUT2D eigenvalue weighted by Crippen LogP contribution is -2.13. The zero-order valence-corrected chi connectivity index (χ0v) is 19.5. The Morgan fingerprint density at radius 2 is 2.03 bits per heavy atom. The van der Waals surface area contributed by atoms with Gasteiger partial charge >= 0.3 is 6.09 Å². The van der Waals surface area contributed by atoms with Gasteiger partial charge in [-0.25, -0.2) is 14.8 Å². The molecule has 0 atom stereocenters. The smallest absolute Gasteiger partial charge is 0.412 e. The molecule has 0 fully saturated rings. The number of rotatable bonds is 7. The van der Waals surface area contributed by atoms with Crippen LogP contribution < -0.4 is 10.1 Å². The van der Waals surface area contributed by atoms with Gasteiger partial charge < -0.3 is 14.0 Å². The lowest BCUT2D eigenvalue weighted by Gasteiger charge is -2.07. The fourth-order valence-corrected chi connectivity index (χ4v) is 4.58. The second-order valence-corrected chi connectivity index (χ2v) is 8.41. The molecule has 0 saturated carbocycles. The highest BCUT2D eigenvalue weighted by atomic mass is 32.1. The Balaban J connectivity index is 1.46. The van der Waals surface area contributed by atoms with E-state index in [4.69, 9.17) is 14.5 Å². The van der Waals surface area contributed by atoms with Crippen molar-refractivity contribution in [1.82, 2.24) is 14.5 Å². The summed E-state index contributed by atoms with van der Waals surface area (Å²) in [6.45, 7) is 7.13. The monoisotopic (exact) mass is 450 g/mol. The molecule has 0 unspecified atom stereocenters. The van der Waals surface area contributed by atoms with Crippen molar-refractivity contribution in [3.8, 4) is 16.3 Å². The predicted octanol–water partition coefficient (Wildman–Crippen LogP) is 5.81. The lowest BCUT2D eigenvalue weighted by atomic mass is 10.1. The highest BCUT2D eigenvalue weighted by Gasteiger charge is 2.17. The average Bonchev–Trinajstić information content (AvgIpc) is 3.40. The van der Waals surface area contributed by atoms with E-state index >= 15 is 0 Å². The molecular weight excluding hydrogens is 424 g/mol. The number of aromatic nitrogens is 3. The van der Waals surface area contributed by atoms with Crippen LogP contribution in [0.4, 0.5) is 9.80 Å². The number of aryl methyl sites for hydroxylation is 3. The number of imidazole rings is 1. The van der Waals surface area contributed by atoms with E-state index in [1.807, 2.05) is 56.6 Å². The summed E-state index contributed by atoms with van der Waals surface area (Å²) in [4.78, 5) is 21.6. The van der Waals surface area contributed by atoms with Crippen LogP contribution >= 0.6 is 11.3 Å². The molecule has 32 heavy (non-hydrogen) atoms. The minimum atomic E-state index is -0.509. The molecule has 166 valence electrons. The largest absolute Gasteiger partial charge is 0.496 e. The van der Waals surface area contributed by atoms with E-state index in [9.17, 15) is 4.79 Å². The van der Waals surface area contributed by atoms with E-state index in [-0.39, 0.29) is 6.61 Å². The van der Waals surface area contributed by atoms with Crippen LogP contribution in [0.15, 0.2) is 42.7 Å². The number of benzene rings is 2. The number of ether oxygens (including phenoxy) is 2. The normalized spacial score (nSPS) is 11.0. The molecule has 1 amide bonds. The number of nitrogens with one attached hydrogen (secondary N) is 1. The summed E-state index contributed by atoms with van der Waals surface area (Å²) in [6.07, 6.45) is 2.00. The maximum Gasteiger partial charge on any atom is 0.412 e. The number of fused-ring (bicyclic) bond motifs is 1. The van der Waals surface area contributed by atoms with Crippen molar-refractivity contribution in [1.29, 1.82) is 0 Å². The van der Waals surface area contributed by atoms with Crippen molar-refractivity contribution in [2.45, 2.75) is 40.3 Å². The minimum Gasteiger partial charge on any atom is -0.496 e. The van der Waals surface area contributed by atoms with Crippen LogP contribution in [0.1, 0.15) is 30.7 Å². The number of hydrogen-bond donors (Lipinski definition) is 1. The van der Waals surface area contributed by atoms with Crippen LogP contribution in [0, 0.1) is 6.92 Å². The molecule has 0 spiro atoms. The van der Waals surface area contributed by atoms with Crippen LogP contribution in [0.2, 0.25) is 0 Å². The van der Waals surface area contributed by atoms with Crippen LogP contribution in [0.5, 0.6) is 5.75 Å². The number of carbonyl (C=O) groups excluding carboxylic acids is 1. The molecular formula is C24H26N4O3S. The van der Waals surface area contributed by atoms with Crippen molar-refractivity contribution < 1.29 is 14.3 Å². The average molecular weight is 451 g/mol. The summed E-state index contributed by atoms with van der Waals surface area (Å²) in [5, 5.41) is 4.34. The number of hydrogen-bond acceptors (Lipinski definition) is 6. The van der Waals surface area contributed by atoms with Gasteiger partial charge in [0.2, 0.25) is 0 Å². The summed E-state index contributed by atoms with van der Waals surface area (Å²) in [5.41, 5.74) is 5.67. The fourth-order valence-electron chi connectivity index (χ4n) is 3.51. The zero-order valence-electron chi connectivity index (χ0n) is 18.6. The van der Waals surface area contributed by atoms with Crippen molar-refractivity contribution in [2.24, 2.45) is 0 Å². The number of methoxy groups -OCH3 is 1. The molecule has 2 aromatic carbocycles. The summed E-state index contributed by atoms with van der Waals surface area (Å²) in [6, 6.07) is 11.9. The molecule has 0 aliphatic heterocycles. The van der Waals surface area contributed by atoms with Crippen molar-refractivity contribution >= 4 is 33.5 Å². The van der Waals surface area contributed by atoms with Gasteiger partial charge in [0.1, 0.15) is 22.4 Å². The Labute approximate surface area is 191 Å². The van der Waals surface area contributed by atoms with E-state index in [0.717, 1.165) is 50.7 Å². The molecule has 7 nitrogen and oxygen atoms in total. The first-order chi connectivity index (χ1) is 15.5. The third-order valence-electron chi connectivity index (χ3n) is 5.23. The van der Waals surface area contributed by atoms with Gasteiger partial charge in [-0.1, -0.05) is 30.4 Å². The third kappa shape index (κ3) is 4.45. The van der Waals surface area contributed by atoms with Crippen LogP contribution in [-0.2, 0) is 24.3 Å². The number of carbonyl (C=O) groups is 1. The van der Waals surface area contributed by atoms with Gasteiger partial charge in [0.15, 0.2) is 0 Å². The van der Waals surface area contributed by atoms with E-state index < -0.39 is 6.09 Å². The Bertz CT molecular complexity index is 1260. The van der Waals surface area contributed by atoms with Gasteiger partial charge in [-0.3, -0.25) is 5.32 Å². The molecule has 0 radical (unpaired) electrons. The van der Waals surface area contributed by atoms with Crippen LogP contribution in [0.25, 0.3) is 21.6 Å². The van der Waals surface area contributed by atoms with Crippen LogP contribution in [-0.4, -0.2) is 27.7 Å².